The van der Waals surface area contributed by atoms with Crippen LogP contribution in [-0.2, 0) is 6.42 Å². The molecule has 0 amide bonds. The van der Waals surface area contributed by atoms with Crippen LogP contribution >= 0.6 is 0 Å². The Morgan fingerprint density at radius 1 is 1.28 bits per heavy atom. The number of nitrogens with zero attached hydrogens (tertiary/aromatic N) is 2. The van der Waals surface area contributed by atoms with Gasteiger partial charge < -0.3 is 10.1 Å². The van der Waals surface area contributed by atoms with Crippen molar-refractivity contribution < 1.29 is 4.74 Å². The minimum atomic E-state index is 0.351. The summed E-state index contributed by atoms with van der Waals surface area (Å²) in [6.07, 6.45) is 7.14. The summed E-state index contributed by atoms with van der Waals surface area (Å²) < 4.78 is 5.95. The fourth-order valence-corrected chi connectivity index (χ4v) is 2.21. The molecule has 100 valence electrons. The van der Waals surface area contributed by atoms with Gasteiger partial charge in [-0.2, -0.15) is 4.98 Å². The van der Waals surface area contributed by atoms with Gasteiger partial charge in [-0.3, -0.25) is 0 Å². The van der Waals surface area contributed by atoms with Crippen LogP contribution in [0.1, 0.15) is 51.8 Å². The van der Waals surface area contributed by atoms with Crippen LogP contribution < -0.4 is 10.1 Å². The van der Waals surface area contributed by atoms with E-state index in [-0.39, 0.29) is 0 Å². The number of rotatable bonds is 6. The first-order chi connectivity index (χ1) is 8.81. The monoisotopic (exact) mass is 249 g/mol. The molecule has 0 aliphatic heterocycles. The second-order valence-corrected chi connectivity index (χ2v) is 4.81. The smallest absolute Gasteiger partial charge is 0.218 e. The molecule has 0 bridgehead atoms. The second kappa shape index (κ2) is 6.57. The zero-order valence-electron chi connectivity index (χ0n) is 11.4. The summed E-state index contributed by atoms with van der Waals surface area (Å²) in [4.78, 5) is 8.91. The standard InChI is InChI=1S/C14H23N3O/c1-3-9-15-13-10-14(17-12(4-2)16-13)18-11-7-5-6-8-11/h10-11H,3-9H2,1-2H3,(H,15,16,17). The number of hydrogen-bond donors (Lipinski definition) is 1. The molecule has 1 aromatic rings. The molecular weight excluding hydrogens is 226 g/mol. The lowest BCUT2D eigenvalue weighted by Gasteiger charge is -2.14. The Bertz CT molecular complexity index is 375. The summed E-state index contributed by atoms with van der Waals surface area (Å²) in [5.41, 5.74) is 0. The Kier molecular flexibility index (Phi) is 4.79. The lowest BCUT2D eigenvalue weighted by Crippen LogP contribution is -2.13. The van der Waals surface area contributed by atoms with Gasteiger partial charge in [0, 0.05) is 19.0 Å². The molecule has 1 heterocycles. The average molecular weight is 249 g/mol. The molecular formula is C14H23N3O. The van der Waals surface area contributed by atoms with E-state index >= 15 is 0 Å². The molecule has 0 unspecified atom stereocenters. The highest BCUT2D eigenvalue weighted by Gasteiger charge is 2.17. The highest BCUT2D eigenvalue weighted by molar-refractivity contribution is 5.38. The Morgan fingerprint density at radius 2 is 2.06 bits per heavy atom. The lowest BCUT2D eigenvalue weighted by atomic mass is 10.3. The van der Waals surface area contributed by atoms with E-state index in [0.717, 1.165) is 49.8 Å². The summed E-state index contributed by atoms with van der Waals surface area (Å²) in [5.74, 6) is 2.47. The molecule has 1 saturated carbocycles. The minimum absolute atomic E-state index is 0.351. The summed E-state index contributed by atoms with van der Waals surface area (Å²) in [5, 5.41) is 3.30. The van der Waals surface area contributed by atoms with Gasteiger partial charge in [-0.1, -0.05) is 13.8 Å². The third kappa shape index (κ3) is 3.59. The van der Waals surface area contributed by atoms with Gasteiger partial charge in [-0.15, -0.1) is 0 Å². The predicted octanol–water partition coefficient (Wildman–Crippen LogP) is 3.18. The van der Waals surface area contributed by atoms with E-state index in [1.807, 2.05) is 6.07 Å². The Morgan fingerprint density at radius 3 is 2.72 bits per heavy atom. The average Bonchev–Trinajstić information content (AvgIpc) is 2.89. The molecule has 0 aromatic carbocycles. The molecule has 1 N–H and O–H groups in total. The number of ether oxygens (including phenoxy) is 1. The fraction of sp³-hybridized carbons (Fsp3) is 0.714. The first-order valence-electron chi connectivity index (χ1n) is 7.10. The number of nitrogens with one attached hydrogen (secondary N) is 1. The molecule has 0 radical (unpaired) electrons. The minimum Gasteiger partial charge on any atom is -0.474 e. The van der Waals surface area contributed by atoms with Crippen LogP contribution in [0.4, 0.5) is 5.82 Å². The highest BCUT2D eigenvalue weighted by Crippen LogP contribution is 2.24. The molecule has 4 nitrogen and oxygen atoms in total. The van der Waals surface area contributed by atoms with E-state index in [1.165, 1.54) is 12.8 Å². The van der Waals surface area contributed by atoms with E-state index in [2.05, 4.69) is 29.1 Å². The third-order valence-corrected chi connectivity index (χ3v) is 3.21. The van der Waals surface area contributed by atoms with Crippen molar-refractivity contribution in [2.75, 3.05) is 11.9 Å². The SMILES string of the molecule is CCCNc1cc(OC2CCCC2)nc(CC)n1. The summed E-state index contributed by atoms with van der Waals surface area (Å²) >= 11 is 0. The molecule has 1 aliphatic carbocycles. The number of aromatic nitrogens is 2. The normalized spacial score (nSPS) is 15.9. The van der Waals surface area contributed by atoms with Crippen LogP contribution in [0.15, 0.2) is 6.07 Å². The lowest BCUT2D eigenvalue weighted by molar-refractivity contribution is 0.200. The van der Waals surface area contributed by atoms with Gasteiger partial charge in [-0.25, -0.2) is 4.98 Å². The number of anilines is 1. The van der Waals surface area contributed by atoms with Crippen molar-refractivity contribution in [3.8, 4) is 5.88 Å². The van der Waals surface area contributed by atoms with Gasteiger partial charge in [0.15, 0.2) is 0 Å². The van der Waals surface area contributed by atoms with Crippen LogP contribution in [0.5, 0.6) is 5.88 Å². The predicted molar refractivity (Wildman–Crippen MR) is 73.1 cm³/mol. The molecule has 2 rings (SSSR count). The maximum absolute atomic E-state index is 5.95. The van der Waals surface area contributed by atoms with Crippen LogP contribution in [-0.4, -0.2) is 22.6 Å². The Hall–Kier alpha value is -1.32. The Balaban J connectivity index is 2.06. The van der Waals surface area contributed by atoms with Crippen LogP contribution in [0, 0.1) is 0 Å². The van der Waals surface area contributed by atoms with E-state index in [1.54, 1.807) is 0 Å². The van der Waals surface area contributed by atoms with E-state index in [9.17, 15) is 0 Å². The zero-order valence-corrected chi connectivity index (χ0v) is 11.4. The Labute approximate surface area is 109 Å². The van der Waals surface area contributed by atoms with Crippen molar-refractivity contribution in [1.29, 1.82) is 0 Å². The van der Waals surface area contributed by atoms with Crippen LogP contribution in [0.25, 0.3) is 0 Å². The first-order valence-corrected chi connectivity index (χ1v) is 7.10. The van der Waals surface area contributed by atoms with Crippen molar-refractivity contribution in [2.24, 2.45) is 0 Å². The van der Waals surface area contributed by atoms with Crippen LogP contribution in [0.2, 0.25) is 0 Å². The number of aryl methyl sites for hydroxylation is 1. The third-order valence-electron chi connectivity index (χ3n) is 3.21. The molecule has 18 heavy (non-hydrogen) atoms. The summed E-state index contributed by atoms with van der Waals surface area (Å²) in [6.45, 7) is 5.15. The van der Waals surface area contributed by atoms with Gasteiger partial charge in [0.1, 0.15) is 17.7 Å². The van der Waals surface area contributed by atoms with Gasteiger partial charge in [-0.05, 0) is 32.1 Å². The largest absolute Gasteiger partial charge is 0.474 e. The van der Waals surface area contributed by atoms with Crippen LogP contribution in [0.3, 0.4) is 0 Å². The number of hydrogen-bond acceptors (Lipinski definition) is 4. The quantitative estimate of drug-likeness (QED) is 0.841. The molecule has 4 heteroatoms. The van der Waals surface area contributed by atoms with Crippen molar-refractivity contribution in [1.82, 2.24) is 9.97 Å². The molecule has 1 aromatic heterocycles. The van der Waals surface area contributed by atoms with Gasteiger partial charge in [0.25, 0.3) is 0 Å². The second-order valence-electron chi connectivity index (χ2n) is 4.81. The fourth-order valence-electron chi connectivity index (χ4n) is 2.21. The zero-order chi connectivity index (χ0) is 12.8. The van der Waals surface area contributed by atoms with Gasteiger partial charge in [0.05, 0.1) is 0 Å². The first kappa shape index (κ1) is 13.1. The van der Waals surface area contributed by atoms with Crippen molar-refractivity contribution in [3.05, 3.63) is 11.9 Å². The maximum atomic E-state index is 5.95. The molecule has 1 aliphatic rings. The van der Waals surface area contributed by atoms with Gasteiger partial charge >= 0.3 is 0 Å². The van der Waals surface area contributed by atoms with Gasteiger partial charge in [0.2, 0.25) is 5.88 Å². The topological polar surface area (TPSA) is 47.0 Å². The highest BCUT2D eigenvalue weighted by atomic mass is 16.5. The van der Waals surface area contributed by atoms with E-state index in [0.29, 0.717) is 6.10 Å². The maximum Gasteiger partial charge on any atom is 0.218 e. The summed E-state index contributed by atoms with van der Waals surface area (Å²) in [6, 6.07) is 1.92. The molecule has 0 saturated heterocycles. The van der Waals surface area contributed by atoms with Crippen molar-refractivity contribution >= 4 is 5.82 Å². The molecule has 1 fully saturated rings. The van der Waals surface area contributed by atoms with E-state index < -0.39 is 0 Å². The summed E-state index contributed by atoms with van der Waals surface area (Å²) in [7, 11) is 0. The molecule has 0 spiro atoms. The van der Waals surface area contributed by atoms with Crippen molar-refractivity contribution in [2.45, 2.75) is 58.5 Å². The molecule has 0 atom stereocenters. The van der Waals surface area contributed by atoms with E-state index in [4.69, 9.17) is 4.74 Å². The van der Waals surface area contributed by atoms with Crippen molar-refractivity contribution in [3.63, 3.8) is 0 Å².